The molecule has 0 saturated heterocycles. The van der Waals surface area contributed by atoms with E-state index in [-0.39, 0.29) is 11.8 Å². The second kappa shape index (κ2) is 11.5. The van der Waals surface area contributed by atoms with Crippen LogP contribution in [-0.2, 0) is 9.59 Å². The molecule has 0 radical (unpaired) electrons. The molecule has 3 rings (SSSR count). The van der Waals surface area contributed by atoms with Crippen LogP contribution in [0.25, 0.3) is 0 Å². The van der Waals surface area contributed by atoms with E-state index >= 15 is 0 Å². The Labute approximate surface area is 188 Å². The summed E-state index contributed by atoms with van der Waals surface area (Å²) in [5.74, 6) is -1.39. The van der Waals surface area contributed by atoms with Gasteiger partial charge in [0.05, 0.1) is 5.92 Å². The summed E-state index contributed by atoms with van der Waals surface area (Å²) in [6, 6.07) is 25.3. The fourth-order valence-electron chi connectivity index (χ4n) is 3.31. The quantitative estimate of drug-likeness (QED) is 0.464. The summed E-state index contributed by atoms with van der Waals surface area (Å²) < 4.78 is 0. The molecular formula is C26H27N3O3. The Morgan fingerprint density at radius 1 is 0.750 bits per heavy atom. The van der Waals surface area contributed by atoms with E-state index in [0.29, 0.717) is 17.7 Å². The molecule has 0 saturated carbocycles. The highest BCUT2D eigenvalue weighted by Gasteiger charge is 2.23. The summed E-state index contributed by atoms with van der Waals surface area (Å²) in [6.45, 7) is 2.03. The van der Waals surface area contributed by atoms with Gasteiger partial charge in [-0.05, 0) is 41.8 Å². The Balaban J connectivity index is 1.62. The van der Waals surface area contributed by atoms with Crippen molar-refractivity contribution >= 4 is 23.4 Å². The lowest BCUT2D eigenvalue weighted by molar-refractivity contribution is -0.122. The first kappa shape index (κ1) is 22.7. The molecule has 164 valence electrons. The third-order valence-corrected chi connectivity index (χ3v) is 5.02. The van der Waals surface area contributed by atoms with Gasteiger partial charge in [-0.1, -0.05) is 74.0 Å². The van der Waals surface area contributed by atoms with Gasteiger partial charge in [0.25, 0.3) is 5.91 Å². The monoisotopic (exact) mass is 429 g/mol. The minimum Gasteiger partial charge on any atom is -0.326 e. The zero-order chi connectivity index (χ0) is 22.8. The molecule has 32 heavy (non-hydrogen) atoms. The fraction of sp³-hybridized carbons (Fsp3) is 0.192. The molecule has 0 fully saturated rings. The lowest BCUT2D eigenvalue weighted by Crippen LogP contribution is -2.44. The number of hydrazine groups is 1. The first-order valence-electron chi connectivity index (χ1n) is 10.7. The Morgan fingerprint density at radius 2 is 1.31 bits per heavy atom. The highest BCUT2D eigenvalue weighted by Crippen LogP contribution is 2.24. The third kappa shape index (κ3) is 6.28. The van der Waals surface area contributed by atoms with E-state index in [4.69, 9.17) is 0 Å². The molecule has 0 spiro atoms. The van der Waals surface area contributed by atoms with Gasteiger partial charge < -0.3 is 5.32 Å². The van der Waals surface area contributed by atoms with Crippen molar-refractivity contribution in [3.05, 3.63) is 102 Å². The van der Waals surface area contributed by atoms with E-state index in [2.05, 4.69) is 16.2 Å². The smallest absolute Gasteiger partial charge is 0.269 e. The normalized spacial score (nSPS) is 10.4. The van der Waals surface area contributed by atoms with E-state index in [0.717, 1.165) is 24.0 Å². The van der Waals surface area contributed by atoms with Crippen molar-refractivity contribution in [2.75, 3.05) is 5.32 Å². The predicted molar refractivity (Wildman–Crippen MR) is 125 cm³/mol. The minimum atomic E-state index is -0.557. The van der Waals surface area contributed by atoms with Gasteiger partial charge in [-0.2, -0.15) is 0 Å². The maximum Gasteiger partial charge on any atom is 0.269 e. The molecule has 3 aromatic rings. The van der Waals surface area contributed by atoms with Gasteiger partial charge in [-0.25, -0.2) is 0 Å². The van der Waals surface area contributed by atoms with E-state index in [1.165, 1.54) is 0 Å². The van der Waals surface area contributed by atoms with Crippen molar-refractivity contribution in [3.63, 3.8) is 0 Å². The SMILES string of the molecule is CCCCC(=O)Nc1ccc(C(=O)NNC(=O)C(c2ccccc2)c2ccccc2)cc1. The van der Waals surface area contributed by atoms with Crippen molar-refractivity contribution < 1.29 is 14.4 Å². The Hall–Kier alpha value is -3.93. The van der Waals surface area contributed by atoms with Crippen LogP contribution in [0.2, 0.25) is 0 Å². The Bertz CT molecular complexity index is 995. The highest BCUT2D eigenvalue weighted by atomic mass is 16.2. The van der Waals surface area contributed by atoms with Gasteiger partial charge in [0.15, 0.2) is 0 Å². The van der Waals surface area contributed by atoms with Crippen LogP contribution in [0.15, 0.2) is 84.9 Å². The number of amides is 3. The lowest BCUT2D eigenvalue weighted by Gasteiger charge is -2.18. The van der Waals surface area contributed by atoms with Crippen LogP contribution in [0.4, 0.5) is 5.69 Å². The average molecular weight is 430 g/mol. The Morgan fingerprint density at radius 3 is 1.84 bits per heavy atom. The molecular weight excluding hydrogens is 402 g/mol. The maximum absolute atomic E-state index is 13.0. The van der Waals surface area contributed by atoms with Crippen molar-refractivity contribution in [2.24, 2.45) is 0 Å². The average Bonchev–Trinajstić information content (AvgIpc) is 2.83. The van der Waals surface area contributed by atoms with Crippen LogP contribution in [0.3, 0.4) is 0 Å². The lowest BCUT2D eigenvalue weighted by atomic mass is 9.91. The summed E-state index contributed by atoms with van der Waals surface area (Å²) in [5.41, 5.74) is 7.67. The molecule has 0 aliphatic heterocycles. The first-order chi connectivity index (χ1) is 15.6. The van der Waals surface area contributed by atoms with Crippen molar-refractivity contribution in [3.8, 4) is 0 Å². The molecule has 0 aromatic heterocycles. The van der Waals surface area contributed by atoms with Crippen LogP contribution in [-0.4, -0.2) is 17.7 Å². The standard InChI is InChI=1S/C26H27N3O3/c1-2-3-14-23(30)27-22-17-15-21(16-18-22)25(31)28-29-26(32)24(19-10-6-4-7-11-19)20-12-8-5-9-13-20/h4-13,15-18,24H,2-3,14H2,1H3,(H,27,30)(H,28,31)(H,29,32). The third-order valence-electron chi connectivity index (χ3n) is 5.02. The van der Waals surface area contributed by atoms with Gasteiger partial charge in [-0.3, -0.25) is 25.2 Å². The molecule has 0 aliphatic rings. The Kier molecular flexibility index (Phi) is 8.15. The zero-order valence-electron chi connectivity index (χ0n) is 18.0. The largest absolute Gasteiger partial charge is 0.326 e. The number of unbranched alkanes of at least 4 members (excludes halogenated alkanes) is 1. The van der Waals surface area contributed by atoms with Crippen LogP contribution in [0.5, 0.6) is 0 Å². The van der Waals surface area contributed by atoms with Gasteiger partial charge >= 0.3 is 0 Å². The van der Waals surface area contributed by atoms with Crippen molar-refractivity contribution in [2.45, 2.75) is 32.1 Å². The van der Waals surface area contributed by atoms with E-state index in [1.807, 2.05) is 67.6 Å². The number of rotatable bonds is 8. The summed E-state index contributed by atoms with van der Waals surface area (Å²) >= 11 is 0. The number of hydrogen-bond donors (Lipinski definition) is 3. The molecule has 0 bridgehead atoms. The molecule has 0 unspecified atom stereocenters. The van der Waals surface area contributed by atoms with E-state index in [9.17, 15) is 14.4 Å². The zero-order valence-corrected chi connectivity index (χ0v) is 18.0. The topological polar surface area (TPSA) is 87.3 Å². The molecule has 0 heterocycles. The number of anilines is 1. The van der Waals surface area contributed by atoms with Gasteiger partial charge in [0, 0.05) is 17.7 Å². The minimum absolute atomic E-state index is 0.0517. The second-order valence-corrected chi connectivity index (χ2v) is 7.43. The van der Waals surface area contributed by atoms with E-state index in [1.54, 1.807) is 24.3 Å². The number of nitrogens with one attached hydrogen (secondary N) is 3. The highest BCUT2D eigenvalue weighted by molar-refractivity contribution is 5.97. The van der Waals surface area contributed by atoms with E-state index < -0.39 is 11.8 Å². The number of carbonyl (C=O) groups excluding carboxylic acids is 3. The molecule has 6 nitrogen and oxygen atoms in total. The molecule has 3 N–H and O–H groups in total. The number of benzene rings is 3. The summed E-state index contributed by atoms with van der Waals surface area (Å²) in [5, 5.41) is 2.80. The van der Waals surface area contributed by atoms with Crippen molar-refractivity contribution in [1.82, 2.24) is 10.9 Å². The van der Waals surface area contributed by atoms with Gasteiger partial charge in [0.1, 0.15) is 0 Å². The molecule has 3 amide bonds. The van der Waals surface area contributed by atoms with Crippen LogP contribution in [0.1, 0.15) is 53.6 Å². The fourth-order valence-corrected chi connectivity index (χ4v) is 3.31. The summed E-state index contributed by atoms with van der Waals surface area (Å²) in [7, 11) is 0. The predicted octanol–water partition coefficient (Wildman–Crippen LogP) is 4.41. The first-order valence-corrected chi connectivity index (χ1v) is 10.7. The summed E-state index contributed by atoms with van der Waals surface area (Å²) in [6.07, 6.45) is 2.25. The van der Waals surface area contributed by atoms with Crippen LogP contribution in [0, 0.1) is 0 Å². The summed E-state index contributed by atoms with van der Waals surface area (Å²) in [4.78, 5) is 37.3. The van der Waals surface area contributed by atoms with Crippen molar-refractivity contribution in [1.29, 1.82) is 0 Å². The van der Waals surface area contributed by atoms with Gasteiger partial charge in [0.2, 0.25) is 11.8 Å². The molecule has 3 aromatic carbocycles. The van der Waals surface area contributed by atoms with Gasteiger partial charge in [-0.15, -0.1) is 0 Å². The molecule has 0 aliphatic carbocycles. The maximum atomic E-state index is 13.0. The number of hydrogen-bond acceptors (Lipinski definition) is 3. The number of carbonyl (C=O) groups is 3. The molecule has 6 heteroatoms. The van der Waals surface area contributed by atoms with Crippen LogP contribution < -0.4 is 16.2 Å². The van der Waals surface area contributed by atoms with Crippen LogP contribution >= 0.6 is 0 Å². The molecule has 0 atom stereocenters. The second-order valence-electron chi connectivity index (χ2n) is 7.43.